The predicted octanol–water partition coefficient (Wildman–Crippen LogP) is 5.44. The van der Waals surface area contributed by atoms with E-state index < -0.39 is 6.04 Å². The van der Waals surface area contributed by atoms with Gasteiger partial charge in [0.15, 0.2) is 0 Å². The van der Waals surface area contributed by atoms with E-state index in [9.17, 15) is 9.59 Å². The van der Waals surface area contributed by atoms with Gasteiger partial charge < -0.3 is 10.2 Å². The molecule has 3 aromatic carbocycles. The van der Waals surface area contributed by atoms with Crippen LogP contribution in [0.25, 0.3) is 0 Å². The van der Waals surface area contributed by atoms with Crippen molar-refractivity contribution in [1.29, 1.82) is 0 Å². The molecule has 3 aromatic rings. The standard InChI is InChI=1S/C28H31ClN2O2/c1-2-3-17-30-28(33)26(19-22-11-6-4-7-12-22)31(21-23-13-8-5-9-14-23)27(32)20-24-15-10-16-25(29)18-24/h4-16,18,26H,2-3,17,19-21H2,1H3,(H,30,33)/t26-/m1/s1. The molecular formula is C28H31ClN2O2. The number of rotatable bonds is 11. The zero-order chi connectivity index (χ0) is 23.5. The van der Waals surface area contributed by atoms with Gasteiger partial charge in [-0.1, -0.05) is 97.7 Å². The average Bonchev–Trinajstić information content (AvgIpc) is 2.82. The molecule has 0 heterocycles. The Morgan fingerprint density at radius 2 is 1.52 bits per heavy atom. The van der Waals surface area contributed by atoms with Crippen molar-refractivity contribution in [2.45, 2.75) is 45.2 Å². The lowest BCUT2D eigenvalue weighted by molar-refractivity contribution is -0.140. The second-order valence-electron chi connectivity index (χ2n) is 8.16. The Morgan fingerprint density at radius 3 is 2.15 bits per heavy atom. The summed E-state index contributed by atoms with van der Waals surface area (Å²) in [6.07, 6.45) is 2.53. The van der Waals surface area contributed by atoms with Gasteiger partial charge in [0.2, 0.25) is 11.8 Å². The number of benzene rings is 3. The molecule has 2 amide bonds. The summed E-state index contributed by atoms with van der Waals surface area (Å²) in [4.78, 5) is 28.6. The molecule has 172 valence electrons. The summed E-state index contributed by atoms with van der Waals surface area (Å²) in [7, 11) is 0. The van der Waals surface area contributed by atoms with Gasteiger partial charge in [-0.05, 0) is 35.2 Å². The third-order valence-electron chi connectivity index (χ3n) is 5.54. The molecule has 0 aliphatic rings. The van der Waals surface area contributed by atoms with Crippen LogP contribution in [0.4, 0.5) is 0 Å². The van der Waals surface area contributed by atoms with E-state index in [0.29, 0.717) is 24.5 Å². The number of nitrogens with zero attached hydrogens (tertiary/aromatic N) is 1. The number of hydrogen-bond acceptors (Lipinski definition) is 2. The molecule has 0 saturated carbocycles. The highest BCUT2D eigenvalue weighted by molar-refractivity contribution is 6.30. The van der Waals surface area contributed by atoms with Gasteiger partial charge in [0.1, 0.15) is 6.04 Å². The van der Waals surface area contributed by atoms with E-state index in [1.165, 1.54) is 0 Å². The Bertz CT molecular complexity index is 1020. The first-order valence-corrected chi connectivity index (χ1v) is 11.8. The van der Waals surface area contributed by atoms with Crippen LogP contribution in [0.5, 0.6) is 0 Å². The SMILES string of the molecule is CCCCNC(=O)[C@@H](Cc1ccccc1)N(Cc1ccccc1)C(=O)Cc1cccc(Cl)c1. The second-order valence-corrected chi connectivity index (χ2v) is 8.60. The lowest BCUT2D eigenvalue weighted by Gasteiger charge is -2.31. The zero-order valence-electron chi connectivity index (χ0n) is 19.0. The summed E-state index contributed by atoms with van der Waals surface area (Å²) < 4.78 is 0. The second kappa shape index (κ2) is 12.8. The molecule has 0 aliphatic heterocycles. The van der Waals surface area contributed by atoms with Crippen molar-refractivity contribution < 1.29 is 9.59 Å². The van der Waals surface area contributed by atoms with E-state index in [1.807, 2.05) is 72.8 Å². The highest BCUT2D eigenvalue weighted by Crippen LogP contribution is 2.18. The van der Waals surface area contributed by atoms with Gasteiger partial charge >= 0.3 is 0 Å². The number of nitrogens with one attached hydrogen (secondary N) is 1. The fourth-order valence-corrected chi connectivity index (χ4v) is 3.98. The molecule has 1 N–H and O–H groups in total. The number of unbranched alkanes of at least 4 members (excludes halogenated alkanes) is 1. The van der Waals surface area contributed by atoms with Gasteiger partial charge in [0.05, 0.1) is 6.42 Å². The summed E-state index contributed by atoms with van der Waals surface area (Å²) in [5.74, 6) is -0.227. The lowest BCUT2D eigenvalue weighted by Crippen LogP contribution is -2.51. The molecule has 0 unspecified atom stereocenters. The van der Waals surface area contributed by atoms with Crippen molar-refractivity contribution in [2.75, 3.05) is 6.54 Å². The van der Waals surface area contributed by atoms with Crippen molar-refractivity contribution in [2.24, 2.45) is 0 Å². The molecule has 0 radical (unpaired) electrons. The average molecular weight is 463 g/mol. The van der Waals surface area contributed by atoms with Crippen LogP contribution < -0.4 is 5.32 Å². The van der Waals surface area contributed by atoms with E-state index >= 15 is 0 Å². The third kappa shape index (κ3) is 7.76. The van der Waals surface area contributed by atoms with Crippen LogP contribution in [0.15, 0.2) is 84.9 Å². The number of carbonyl (C=O) groups excluding carboxylic acids is 2. The Balaban J connectivity index is 1.91. The molecule has 4 nitrogen and oxygen atoms in total. The minimum atomic E-state index is -0.615. The molecule has 0 aliphatic carbocycles. The largest absolute Gasteiger partial charge is 0.354 e. The van der Waals surface area contributed by atoms with E-state index in [2.05, 4.69) is 12.2 Å². The van der Waals surface area contributed by atoms with Crippen LogP contribution in [0.3, 0.4) is 0 Å². The maximum absolute atomic E-state index is 13.6. The topological polar surface area (TPSA) is 49.4 Å². The summed E-state index contributed by atoms with van der Waals surface area (Å²) in [6, 6.07) is 26.3. The number of amides is 2. The molecule has 3 rings (SSSR count). The smallest absolute Gasteiger partial charge is 0.243 e. The number of carbonyl (C=O) groups is 2. The Morgan fingerprint density at radius 1 is 0.879 bits per heavy atom. The van der Waals surface area contributed by atoms with E-state index in [4.69, 9.17) is 11.6 Å². The first kappa shape index (κ1) is 24.5. The molecule has 0 bridgehead atoms. The van der Waals surface area contributed by atoms with Gasteiger partial charge in [-0.3, -0.25) is 9.59 Å². The van der Waals surface area contributed by atoms with E-state index in [0.717, 1.165) is 29.5 Å². The highest BCUT2D eigenvalue weighted by atomic mass is 35.5. The summed E-state index contributed by atoms with van der Waals surface area (Å²) in [5, 5.41) is 3.63. The van der Waals surface area contributed by atoms with Crippen LogP contribution >= 0.6 is 11.6 Å². The molecular weight excluding hydrogens is 432 g/mol. The molecule has 33 heavy (non-hydrogen) atoms. The fourth-order valence-electron chi connectivity index (χ4n) is 3.76. The summed E-state index contributed by atoms with van der Waals surface area (Å²) >= 11 is 6.14. The lowest BCUT2D eigenvalue weighted by atomic mass is 10.0. The first-order chi connectivity index (χ1) is 16.1. The quantitative estimate of drug-likeness (QED) is 0.386. The van der Waals surface area contributed by atoms with Gasteiger partial charge in [0.25, 0.3) is 0 Å². The van der Waals surface area contributed by atoms with Crippen LogP contribution in [-0.2, 0) is 29.0 Å². The fraction of sp³-hybridized carbons (Fsp3) is 0.286. The van der Waals surface area contributed by atoms with Crippen molar-refractivity contribution in [3.05, 3.63) is 107 Å². The normalized spacial score (nSPS) is 11.6. The number of hydrogen-bond donors (Lipinski definition) is 1. The van der Waals surface area contributed by atoms with Crippen LogP contribution in [0, 0.1) is 0 Å². The molecule has 5 heteroatoms. The maximum Gasteiger partial charge on any atom is 0.243 e. The van der Waals surface area contributed by atoms with Crippen LogP contribution in [0.1, 0.15) is 36.5 Å². The summed E-state index contributed by atoms with van der Waals surface area (Å²) in [6.45, 7) is 3.05. The number of halogens is 1. The Kier molecular flexibility index (Phi) is 9.52. The first-order valence-electron chi connectivity index (χ1n) is 11.5. The van der Waals surface area contributed by atoms with Crippen molar-refractivity contribution in [1.82, 2.24) is 10.2 Å². The van der Waals surface area contributed by atoms with Crippen molar-refractivity contribution >= 4 is 23.4 Å². The third-order valence-corrected chi connectivity index (χ3v) is 5.78. The highest BCUT2D eigenvalue weighted by Gasteiger charge is 2.30. The Hall–Kier alpha value is -3.11. The maximum atomic E-state index is 13.6. The van der Waals surface area contributed by atoms with Gasteiger partial charge in [-0.25, -0.2) is 0 Å². The van der Waals surface area contributed by atoms with Crippen LogP contribution in [0.2, 0.25) is 5.02 Å². The molecule has 0 fully saturated rings. The Labute approximate surface area is 201 Å². The zero-order valence-corrected chi connectivity index (χ0v) is 19.8. The van der Waals surface area contributed by atoms with E-state index in [-0.39, 0.29) is 18.2 Å². The monoisotopic (exact) mass is 462 g/mol. The van der Waals surface area contributed by atoms with Gasteiger partial charge in [-0.15, -0.1) is 0 Å². The molecule has 0 aromatic heterocycles. The molecule has 1 atom stereocenters. The minimum absolute atomic E-state index is 0.104. The molecule has 0 spiro atoms. The summed E-state index contributed by atoms with van der Waals surface area (Å²) in [5.41, 5.74) is 2.83. The van der Waals surface area contributed by atoms with E-state index in [1.54, 1.807) is 17.0 Å². The minimum Gasteiger partial charge on any atom is -0.354 e. The van der Waals surface area contributed by atoms with Gasteiger partial charge in [-0.2, -0.15) is 0 Å². The van der Waals surface area contributed by atoms with Gasteiger partial charge in [0, 0.05) is 24.5 Å². The van der Waals surface area contributed by atoms with Crippen LogP contribution in [-0.4, -0.2) is 29.3 Å². The van der Waals surface area contributed by atoms with Crippen molar-refractivity contribution in [3.8, 4) is 0 Å². The van der Waals surface area contributed by atoms with Crippen molar-refractivity contribution in [3.63, 3.8) is 0 Å². The molecule has 0 saturated heterocycles. The predicted molar refractivity (Wildman–Crippen MR) is 134 cm³/mol.